The largest absolute Gasteiger partial charge is 0.323 e. The van der Waals surface area contributed by atoms with E-state index in [2.05, 4.69) is 9.97 Å². The Morgan fingerprint density at radius 2 is 1.88 bits per heavy atom. The van der Waals surface area contributed by atoms with Crippen LogP contribution in [0.1, 0.15) is 0 Å². The van der Waals surface area contributed by atoms with Crippen molar-refractivity contribution < 1.29 is 0 Å². The summed E-state index contributed by atoms with van der Waals surface area (Å²) in [5.74, 6) is 0.548. The summed E-state index contributed by atoms with van der Waals surface area (Å²) in [7, 11) is 0. The molecule has 4 heteroatoms. The maximum Gasteiger partial charge on any atom is 0.257 e. The third-order valence-corrected chi connectivity index (χ3v) is 2.43. The maximum atomic E-state index is 11.6. The fraction of sp³-hybridized carbons (Fsp3) is 0. The molecule has 0 unspecified atom stereocenters. The van der Waals surface area contributed by atoms with E-state index in [0.29, 0.717) is 5.95 Å². The van der Waals surface area contributed by atoms with Crippen LogP contribution >= 0.6 is 0 Å². The first kappa shape index (κ1) is 8.91. The van der Waals surface area contributed by atoms with Crippen LogP contribution in [-0.4, -0.2) is 14.5 Å². The molecule has 0 amide bonds. The molecule has 78 valence electrons. The fourth-order valence-corrected chi connectivity index (χ4v) is 1.66. The first-order chi connectivity index (χ1) is 7.84. The number of fused-ring (bicyclic) bond motifs is 1. The smallest absolute Gasteiger partial charge is 0.257 e. The Balaban J connectivity index is 2.27. The van der Waals surface area contributed by atoms with E-state index in [9.17, 15) is 4.79 Å². The summed E-state index contributed by atoms with van der Waals surface area (Å²) in [5.41, 5.74) is 1.68. The number of nitrogens with one attached hydrogen (secondary N) is 1. The Hall–Kier alpha value is -2.36. The van der Waals surface area contributed by atoms with E-state index in [1.165, 1.54) is 10.6 Å². The number of aromatic nitrogens is 3. The Morgan fingerprint density at radius 1 is 1.06 bits per heavy atom. The molecule has 0 fully saturated rings. The lowest BCUT2D eigenvalue weighted by molar-refractivity contribution is 0.918. The highest BCUT2D eigenvalue weighted by Crippen LogP contribution is 2.11. The van der Waals surface area contributed by atoms with Crippen molar-refractivity contribution in [3.8, 4) is 5.95 Å². The second-order valence-electron chi connectivity index (χ2n) is 3.49. The summed E-state index contributed by atoms with van der Waals surface area (Å²) >= 11 is 0. The topological polar surface area (TPSA) is 50.7 Å². The zero-order chi connectivity index (χ0) is 11.0. The van der Waals surface area contributed by atoms with Gasteiger partial charge in [-0.2, -0.15) is 0 Å². The molecule has 0 aliphatic rings. The molecule has 2 aromatic heterocycles. The van der Waals surface area contributed by atoms with Gasteiger partial charge in [-0.15, -0.1) is 0 Å². The highest BCUT2D eigenvalue weighted by atomic mass is 16.1. The van der Waals surface area contributed by atoms with Gasteiger partial charge >= 0.3 is 0 Å². The third kappa shape index (κ3) is 1.32. The molecule has 1 N–H and O–H groups in total. The molecule has 0 radical (unpaired) electrons. The van der Waals surface area contributed by atoms with Gasteiger partial charge in [-0.05, 0) is 18.2 Å². The SMILES string of the molecule is O=c1ccccn1-c1nc2ccccc2[nH]1. The Bertz CT molecular complexity index is 663. The van der Waals surface area contributed by atoms with Crippen LogP contribution in [-0.2, 0) is 0 Å². The van der Waals surface area contributed by atoms with Crippen LogP contribution in [0.5, 0.6) is 0 Å². The highest BCUT2D eigenvalue weighted by molar-refractivity contribution is 5.75. The van der Waals surface area contributed by atoms with Crippen molar-refractivity contribution >= 4 is 11.0 Å². The molecule has 0 aliphatic heterocycles. The average molecular weight is 211 g/mol. The number of H-pyrrole nitrogens is 1. The zero-order valence-corrected chi connectivity index (χ0v) is 8.42. The van der Waals surface area contributed by atoms with E-state index >= 15 is 0 Å². The van der Waals surface area contributed by atoms with Crippen molar-refractivity contribution in [1.82, 2.24) is 14.5 Å². The first-order valence-electron chi connectivity index (χ1n) is 4.97. The van der Waals surface area contributed by atoms with Gasteiger partial charge in [-0.25, -0.2) is 4.98 Å². The second-order valence-corrected chi connectivity index (χ2v) is 3.49. The quantitative estimate of drug-likeness (QED) is 0.666. The normalized spacial score (nSPS) is 10.8. The van der Waals surface area contributed by atoms with E-state index < -0.39 is 0 Å². The van der Waals surface area contributed by atoms with Gasteiger partial charge in [0, 0.05) is 12.3 Å². The van der Waals surface area contributed by atoms with E-state index in [1.54, 1.807) is 18.3 Å². The Labute approximate surface area is 91.2 Å². The first-order valence-corrected chi connectivity index (χ1v) is 4.97. The number of imidazole rings is 1. The van der Waals surface area contributed by atoms with Gasteiger partial charge in [0.2, 0.25) is 5.95 Å². The molecule has 3 aromatic rings. The van der Waals surface area contributed by atoms with Crippen molar-refractivity contribution in [1.29, 1.82) is 0 Å². The second kappa shape index (κ2) is 3.34. The predicted molar refractivity (Wildman–Crippen MR) is 61.7 cm³/mol. The van der Waals surface area contributed by atoms with Crippen molar-refractivity contribution in [2.75, 3.05) is 0 Å². The van der Waals surface area contributed by atoms with Gasteiger partial charge in [0.05, 0.1) is 11.0 Å². The number of rotatable bonds is 1. The van der Waals surface area contributed by atoms with Gasteiger partial charge in [0.1, 0.15) is 0 Å². The number of benzene rings is 1. The van der Waals surface area contributed by atoms with Gasteiger partial charge < -0.3 is 4.98 Å². The summed E-state index contributed by atoms with van der Waals surface area (Å²) in [4.78, 5) is 19.1. The summed E-state index contributed by atoms with van der Waals surface area (Å²) in [5, 5.41) is 0. The van der Waals surface area contributed by atoms with Crippen LogP contribution in [0.4, 0.5) is 0 Å². The van der Waals surface area contributed by atoms with Crippen LogP contribution in [0.2, 0.25) is 0 Å². The van der Waals surface area contributed by atoms with Crippen LogP contribution in [0.3, 0.4) is 0 Å². The lowest BCUT2D eigenvalue weighted by Crippen LogP contribution is -2.16. The predicted octanol–water partition coefficient (Wildman–Crippen LogP) is 1.71. The molecular weight excluding hydrogens is 202 g/mol. The fourth-order valence-electron chi connectivity index (χ4n) is 1.66. The number of para-hydroxylation sites is 2. The molecule has 3 rings (SSSR count). The van der Waals surface area contributed by atoms with E-state index in [1.807, 2.05) is 24.3 Å². The molecule has 0 saturated carbocycles. The van der Waals surface area contributed by atoms with Crippen LogP contribution in [0.25, 0.3) is 17.0 Å². The molecule has 16 heavy (non-hydrogen) atoms. The zero-order valence-electron chi connectivity index (χ0n) is 8.42. The summed E-state index contributed by atoms with van der Waals surface area (Å²) in [6.45, 7) is 0. The molecule has 0 atom stereocenters. The number of pyridine rings is 1. The molecule has 0 spiro atoms. The van der Waals surface area contributed by atoms with E-state index in [0.717, 1.165) is 11.0 Å². The minimum atomic E-state index is -0.0958. The van der Waals surface area contributed by atoms with E-state index in [4.69, 9.17) is 0 Å². The minimum Gasteiger partial charge on any atom is -0.323 e. The van der Waals surface area contributed by atoms with Crippen LogP contribution in [0, 0.1) is 0 Å². The molecule has 4 nitrogen and oxygen atoms in total. The average Bonchev–Trinajstić information content (AvgIpc) is 2.73. The van der Waals surface area contributed by atoms with Crippen LogP contribution < -0.4 is 5.56 Å². The van der Waals surface area contributed by atoms with E-state index in [-0.39, 0.29) is 5.56 Å². The third-order valence-electron chi connectivity index (χ3n) is 2.43. The van der Waals surface area contributed by atoms with Gasteiger partial charge in [0.15, 0.2) is 0 Å². The molecular formula is C12H9N3O. The summed E-state index contributed by atoms with van der Waals surface area (Å²) in [6, 6.07) is 12.7. The standard InChI is InChI=1S/C12H9N3O/c16-11-7-3-4-8-15(11)12-13-9-5-1-2-6-10(9)14-12/h1-8H,(H,13,14). The summed E-state index contributed by atoms with van der Waals surface area (Å²) in [6.07, 6.45) is 1.69. The van der Waals surface area contributed by atoms with Crippen molar-refractivity contribution in [2.45, 2.75) is 0 Å². The van der Waals surface area contributed by atoms with Crippen molar-refractivity contribution in [3.05, 3.63) is 59.0 Å². The van der Waals surface area contributed by atoms with Gasteiger partial charge in [-0.1, -0.05) is 18.2 Å². The Kier molecular flexibility index (Phi) is 1.86. The van der Waals surface area contributed by atoms with Gasteiger partial charge in [0.25, 0.3) is 5.56 Å². The lowest BCUT2D eigenvalue weighted by atomic mass is 10.3. The maximum absolute atomic E-state index is 11.6. The molecule has 0 saturated heterocycles. The molecule has 0 bridgehead atoms. The number of aromatic amines is 1. The number of hydrogen-bond acceptors (Lipinski definition) is 2. The molecule has 2 heterocycles. The minimum absolute atomic E-state index is 0.0958. The monoisotopic (exact) mass is 211 g/mol. The highest BCUT2D eigenvalue weighted by Gasteiger charge is 2.04. The molecule has 0 aliphatic carbocycles. The van der Waals surface area contributed by atoms with Crippen LogP contribution in [0.15, 0.2) is 53.5 Å². The van der Waals surface area contributed by atoms with Gasteiger partial charge in [-0.3, -0.25) is 9.36 Å². The molecule has 1 aromatic carbocycles. The Morgan fingerprint density at radius 3 is 2.69 bits per heavy atom. The van der Waals surface area contributed by atoms with Crippen molar-refractivity contribution in [3.63, 3.8) is 0 Å². The number of hydrogen-bond donors (Lipinski definition) is 1. The van der Waals surface area contributed by atoms with Crippen molar-refractivity contribution in [2.24, 2.45) is 0 Å². The summed E-state index contributed by atoms with van der Waals surface area (Å²) < 4.78 is 1.49. The number of nitrogens with zero attached hydrogens (tertiary/aromatic N) is 2. The lowest BCUT2D eigenvalue weighted by Gasteiger charge is -1.97.